The number of hydrogen-bond donors (Lipinski definition) is 1. The standard InChI is InChI=1S/C14H16BrN3S/c1-2-11(16)9-10-5-3-7-17-13(10)19-14-12(15)6-4-8-18-14/h3-8,11H,2,9,16H2,1H3. The minimum atomic E-state index is 0.177. The topological polar surface area (TPSA) is 51.8 Å². The number of pyridine rings is 2. The average molecular weight is 338 g/mol. The molecule has 0 aliphatic carbocycles. The van der Waals surface area contributed by atoms with Gasteiger partial charge in [-0.2, -0.15) is 0 Å². The lowest BCUT2D eigenvalue weighted by molar-refractivity contribution is 0.637. The molecule has 19 heavy (non-hydrogen) atoms. The summed E-state index contributed by atoms with van der Waals surface area (Å²) in [4.78, 5) is 8.81. The van der Waals surface area contributed by atoms with Crippen LogP contribution in [-0.4, -0.2) is 16.0 Å². The molecule has 0 saturated heterocycles. The molecule has 2 heterocycles. The van der Waals surface area contributed by atoms with Crippen molar-refractivity contribution in [2.45, 2.75) is 35.9 Å². The van der Waals surface area contributed by atoms with Crippen LogP contribution >= 0.6 is 27.7 Å². The predicted molar refractivity (Wildman–Crippen MR) is 82.3 cm³/mol. The second-order valence-corrected chi connectivity index (χ2v) is 6.06. The van der Waals surface area contributed by atoms with E-state index in [2.05, 4.69) is 38.9 Å². The Morgan fingerprint density at radius 1 is 1.21 bits per heavy atom. The van der Waals surface area contributed by atoms with Gasteiger partial charge in [0, 0.05) is 18.4 Å². The van der Waals surface area contributed by atoms with E-state index >= 15 is 0 Å². The summed E-state index contributed by atoms with van der Waals surface area (Å²) in [5, 5.41) is 1.90. The van der Waals surface area contributed by atoms with Gasteiger partial charge < -0.3 is 5.73 Å². The van der Waals surface area contributed by atoms with Crippen molar-refractivity contribution in [1.29, 1.82) is 0 Å². The number of halogens is 1. The van der Waals surface area contributed by atoms with Crippen molar-refractivity contribution in [3.05, 3.63) is 46.7 Å². The predicted octanol–water partition coefficient (Wildman–Crippen LogP) is 3.67. The van der Waals surface area contributed by atoms with Crippen LogP contribution in [0.2, 0.25) is 0 Å². The SMILES string of the molecule is CCC(N)Cc1cccnc1Sc1ncccc1Br. The minimum absolute atomic E-state index is 0.177. The van der Waals surface area contributed by atoms with Gasteiger partial charge in [0.15, 0.2) is 0 Å². The van der Waals surface area contributed by atoms with Crippen LogP contribution in [-0.2, 0) is 6.42 Å². The molecule has 0 spiro atoms. The molecule has 0 aliphatic rings. The van der Waals surface area contributed by atoms with E-state index in [0.717, 1.165) is 27.4 Å². The second-order valence-electron chi connectivity index (χ2n) is 4.23. The first kappa shape index (κ1) is 14.5. The zero-order chi connectivity index (χ0) is 13.7. The highest BCUT2D eigenvalue weighted by atomic mass is 79.9. The summed E-state index contributed by atoms with van der Waals surface area (Å²) in [6.45, 7) is 2.10. The third-order valence-electron chi connectivity index (χ3n) is 2.77. The zero-order valence-corrected chi connectivity index (χ0v) is 13.1. The molecule has 2 aromatic heterocycles. The van der Waals surface area contributed by atoms with Gasteiger partial charge in [0.1, 0.15) is 10.1 Å². The molecule has 5 heteroatoms. The third-order valence-corrected chi connectivity index (χ3v) is 4.76. The smallest absolute Gasteiger partial charge is 0.116 e. The van der Waals surface area contributed by atoms with Crippen LogP contribution in [0.1, 0.15) is 18.9 Å². The molecule has 0 amide bonds. The van der Waals surface area contributed by atoms with E-state index in [4.69, 9.17) is 5.73 Å². The lowest BCUT2D eigenvalue weighted by Crippen LogP contribution is -2.21. The van der Waals surface area contributed by atoms with Crippen molar-refractivity contribution in [3.63, 3.8) is 0 Å². The van der Waals surface area contributed by atoms with Crippen molar-refractivity contribution < 1.29 is 0 Å². The van der Waals surface area contributed by atoms with E-state index in [-0.39, 0.29) is 6.04 Å². The van der Waals surface area contributed by atoms with Crippen molar-refractivity contribution in [2.24, 2.45) is 5.73 Å². The van der Waals surface area contributed by atoms with Gasteiger partial charge in [0.25, 0.3) is 0 Å². The van der Waals surface area contributed by atoms with E-state index in [1.807, 2.05) is 18.2 Å². The van der Waals surface area contributed by atoms with Crippen molar-refractivity contribution >= 4 is 27.7 Å². The first-order valence-electron chi connectivity index (χ1n) is 6.18. The highest BCUT2D eigenvalue weighted by Gasteiger charge is 2.11. The molecule has 0 radical (unpaired) electrons. The van der Waals surface area contributed by atoms with Gasteiger partial charge in [-0.3, -0.25) is 0 Å². The van der Waals surface area contributed by atoms with Gasteiger partial charge in [0.05, 0.1) is 4.47 Å². The number of nitrogens with two attached hydrogens (primary N) is 1. The Labute approximate surface area is 126 Å². The van der Waals surface area contributed by atoms with Crippen molar-refractivity contribution in [2.75, 3.05) is 0 Å². The Hall–Kier alpha value is -0.910. The number of nitrogens with zero attached hydrogens (tertiary/aromatic N) is 2. The molecule has 0 aromatic carbocycles. The average Bonchev–Trinajstić information content (AvgIpc) is 2.43. The molecule has 0 saturated carbocycles. The maximum atomic E-state index is 6.04. The highest BCUT2D eigenvalue weighted by molar-refractivity contribution is 9.10. The van der Waals surface area contributed by atoms with E-state index in [0.29, 0.717) is 0 Å². The van der Waals surface area contributed by atoms with Gasteiger partial charge in [0.2, 0.25) is 0 Å². The third kappa shape index (κ3) is 4.03. The van der Waals surface area contributed by atoms with Crippen LogP contribution in [0.3, 0.4) is 0 Å². The van der Waals surface area contributed by atoms with Crippen molar-refractivity contribution in [3.8, 4) is 0 Å². The summed E-state index contributed by atoms with van der Waals surface area (Å²) in [5.41, 5.74) is 7.22. The van der Waals surface area contributed by atoms with E-state index in [1.54, 1.807) is 24.2 Å². The lowest BCUT2D eigenvalue weighted by atomic mass is 10.1. The molecule has 0 aliphatic heterocycles. The fraction of sp³-hybridized carbons (Fsp3) is 0.286. The molecule has 0 fully saturated rings. The maximum Gasteiger partial charge on any atom is 0.116 e. The van der Waals surface area contributed by atoms with Gasteiger partial charge in [-0.15, -0.1) is 0 Å². The Balaban J connectivity index is 2.23. The molecule has 3 nitrogen and oxygen atoms in total. The van der Waals surface area contributed by atoms with Crippen LogP contribution in [0.15, 0.2) is 51.2 Å². The maximum absolute atomic E-state index is 6.04. The van der Waals surface area contributed by atoms with E-state index < -0.39 is 0 Å². The molecule has 1 atom stereocenters. The summed E-state index contributed by atoms with van der Waals surface area (Å²) in [6, 6.07) is 8.10. The zero-order valence-electron chi connectivity index (χ0n) is 10.7. The van der Waals surface area contributed by atoms with E-state index in [9.17, 15) is 0 Å². The Morgan fingerprint density at radius 3 is 2.58 bits per heavy atom. The summed E-state index contributed by atoms with van der Waals surface area (Å²) in [7, 11) is 0. The minimum Gasteiger partial charge on any atom is -0.327 e. The largest absolute Gasteiger partial charge is 0.327 e. The summed E-state index contributed by atoms with van der Waals surface area (Å²) < 4.78 is 0.983. The molecular formula is C14H16BrN3S. The molecule has 1 unspecified atom stereocenters. The molecule has 0 bridgehead atoms. The monoisotopic (exact) mass is 337 g/mol. The van der Waals surface area contributed by atoms with Gasteiger partial charge in [-0.05, 0) is 64.3 Å². The molecule has 2 rings (SSSR count). The van der Waals surface area contributed by atoms with Gasteiger partial charge >= 0.3 is 0 Å². The van der Waals surface area contributed by atoms with Crippen LogP contribution in [0.5, 0.6) is 0 Å². The van der Waals surface area contributed by atoms with Crippen molar-refractivity contribution in [1.82, 2.24) is 9.97 Å². The van der Waals surface area contributed by atoms with Crippen LogP contribution in [0.25, 0.3) is 0 Å². The molecule has 2 aromatic rings. The van der Waals surface area contributed by atoms with Crippen LogP contribution < -0.4 is 5.73 Å². The quantitative estimate of drug-likeness (QED) is 0.904. The fourth-order valence-electron chi connectivity index (χ4n) is 1.64. The first-order valence-corrected chi connectivity index (χ1v) is 7.79. The Morgan fingerprint density at radius 2 is 1.89 bits per heavy atom. The lowest BCUT2D eigenvalue weighted by Gasteiger charge is -2.12. The number of aromatic nitrogens is 2. The second kappa shape index (κ2) is 7.03. The van der Waals surface area contributed by atoms with Gasteiger partial charge in [-0.25, -0.2) is 9.97 Å². The van der Waals surface area contributed by atoms with E-state index in [1.165, 1.54) is 5.56 Å². The summed E-state index contributed by atoms with van der Waals surface area (Å²) in [5.74, 6) is 0. The summed E-state index contributed by atoms with van der Waals surface area (Å²) >= 11 is 5.08. The Kier molecular flexibility index (Phi) is 5.36. The number of hydrogen-bond acceptors (Lipinski definition) is 4. The molecule has 2 N–H and O–H groups in total. The normalized spacial score (nSPS) is 12.4. The Bertz CT molecular complexity index is 548. The molecule has 100 valence electrons. The molecular weight excluding hydrogens is 322 g/mol. The number of rotatable bonds is 5. The van der Waals surface area contributed by atoms with Gasteiger partial charge in [-0.1, -0.05) is 13.0 Å². The first-order chi connectivity index (χ1) is 9.20. The van der Waals surface area contributed by atoms with Crippen LogP contribution in [0, 0.1) is 0 Å². The summed E-state index contributed by atoms with van der Waals surface area (Å²) in [6.07, 6.45) is 5.40. The fourth-order valence-corrected chi connectivity index (χ4v) is 2.99. The van der Waals surface area contributed by atoms with Crippen LogP contribution in [0.4, 0.5) is 0 Å². The highest BCUT2D eigenvalue weighted by Crippen LogP contribution is 2.32.